The lowest BCUT2D eigenvalue weighted by Gasteiger charge is -2.17. The van der Waals surface area contributed by atoms with Crippen molar-refractivity contribution >= 4 is 5.91 Å². The highest BCUT2D eigenvalue weighted by Gasteiger charge is 2.18. The number of rotatable bonds is 5. The Balaban J connectivity index is 1.68. The van der Waals surface area contributed by atoms with Crippen LogP contribution >= 0.6 is 0 Å². The summed E-state index contributed by atoms with van der Waals surface area (Å²) in [5.41, 5.74) is 0.754. The zero-order valence-electron chi connectivity index (χ0n) is 10.3. The van der Waals surface area contributed by atoms with Crippen LogP contribution < -0.4 is 5.32 Å². The standard InChI is InChI=1S/C14H19NO3/c16-13(12-7-9-18-10-12)6-8-15-14(17)11-4-2-1-3-5-11/h1-2,7,9-11,13,16H,3-6,8H2,(H,15,17)/t11-,13+/m1/s1. The molecule has 1 aliphatic carbocycles. The molecule has 1 aromatic rings. The molecule has 2 atom stereocenters. The van der Waals surface area contributed by atoms with Crippen molar-refractivity contribution in [3.05, 3.63) is 36.3 Å². The van der Waals surface area contributed by atoms with E-state index in [0.29, 0.717) is 13.0 Å². The summed E-state index contributed by atoms with van der Waals surface area (Å²) < 4.78 is 4.90. The molecule has 0 aromatic carbocycles. The van der Waals surface area contributed by atoms with Gasteiger partial charge < -0.3 is 14.8 Å². The Morgan fingerprint density at radius 2 is 2.44 bits per heavy atom. The fourth-order valence-corrected chi connectivity index (χ4v) is 2.14. The second-order valence-electron chi connectivity index (χ2n) is 4.63. The molecular weight excluding hydrogens is 230 g/mol. The quantitative estimate of drug-likeness (QED) is 0.786. The van der Waals surface area contributed by atoms with Gasteiger partial charge in [0.05, 0.1) is 18.6 Å². The molecule has 2 N–H and O–H groups in total. The van der Waals surface area contributed by atoms with Crippen LogP contribution in [0.2, 0.25) is 0 Å². The molecule has 0 bridgehead atoms. The average Bonchev–Trinajstić information content (AvgIpc) is 2.93. The van der Waals surface area contributed by atoms with Crippen LogP contribution in [0.5, 0.6) is 0 Å². The lowest BCUT2D eigenvalue weighted by molar-refractivity contribution is -0.125. The Bertz CT molecular complexity index is 397. The number of aliphatic hydroxyl groups excluding tert-OH is 1. The smallest absolute Gasteiger partial charge is 0.223 e. The lowest BCUT2D eigenvalue weighted by Crippen LogP contribution is -2.32. The highest BCUT2D eigenvalue weighted by atomic mass is 16.3. The predicted octanol–water partition coefficient (Wildman–Crippen LogP) is 2.18. The summed E-state index contributed by atoms with van der Waals surface area (Å²) in [6.07, 6.45) is 9.91. The molecule has 4 nitrogen and oxygen atoms in total. The number of hydrogen-bond acceptors (Lipinski definition) is 3. The molecule has 4 heteroatoms. The molecule has 1 aliphatic rings. The highest BCUT2D eigenvalue weighted by molar-refractivity contribution is 5.78. The first kappa shape index (κ1) is 12.9. The Morgan fingerprint density at radius 1 is 1.56 bits per heavy atom. The molecule has 1 aromatic heterocycles. The normalized spacial score (nSPS) is 20.6. The van der Waals surface area contributed by atoms with Gasteiger partial charge in [-0.25, -0.2) is 0 Å². The molecule has 0 spiro atoms. The molecule has 0 unspecified atom stereocenters. The Labute approximate surface area is 107 Å². The molecule has 2 rings (SSSR count). The molecule has 18 heavy (non-hydrogen) atoms. The van der Waals surface area contributed by atoms with Crippen LogP contribution in [-0.4, -0.2) is 17.6 Å². The first-order valence-electron chi connectivity index (χ1n) is 6.40. The van der Waals surface area contributed by atoms with Crippen LogP contribution in [0, 0.1) is 5.92 Å². The van der Waals surface area contributed by atoms with Gasteiger partial charge in [0.25, 0.3) is 0 Å². The minimum atomic E-state index is -0.574. The zero-order valence-corrected chi connectivity index (χ0v) is 10.3. The largest absolute Gasteiger partial charge is 0.472 e. The fourth-order valence-electron chi connectivity index (χ4n) is 2.14. The van der Waals surface area contributed by atoms with E-state index in [2.05, 4.69) is 17.5 Å². The molecule has 1 heterocycles. The summed E-state index contributed by atoms with van der Waals surface area (Å²) in [6, 6.07) is 1.73. The van der Waals surface area contributed by atoms with Crippen molar-refractivity contribution in [2.24, 2.45) is 5.92 Å². The zero-order chi connectivity index (χ0) is 12.8. The van der Waals surface area contributed by atoms with Gasteiger partial charge in [-0.3, -0.25) is 4.79 Å². The van der Waals surface area contributed by atoms with Crippen molar-refractivity contribution in [3.63, 3.8) is 0 Å². The summed E-state index contributed by atoms with van der Waals surface area (Å²) >= 11 is 0. The monoisotopic (exact) mass is 249 g/mol. The molecule has 0 aliphatic heterocycles. The topological polar surface area (TPSA) is 62.5 Å². The number of carbonyl (C=O) groups is 1. The van der Waals surface area contributed by atoms with Crippen molar-refractivity contribution in [2.75, 3.05) is 6.54 Å². The summed E-state index contributed by atoms with van der Waals surface area (Å²) in [5.74, 6) is 0.194. The Kier molecular flexibility index (Phi) is 4.59. The third kappa shape index (κ3) is 3.47. The molecule has 98 valence electrons. The van der Waals surface area contributed by atoms with E-state index < -0.39 is 6.10 Å². The first-order valence-corrected chi connectivity index (χ1v) is 6.40. The molecule has 0 radical (unpaired) electrons. The number of allylic oxidation sites excluding steroid dienone is 2. The average molecular weight is 249 g/mol. The number of furan rings is 1. The van der Waals surface area contributed by atoms with Gasteiger partial charge in [0.15, 0.2) is 0 Å². The van der Waals surface area contributed by atoms with Crippen LogP contribution in [0.3, 0.4) is 0 Å². The van der Waals surface area contributed by atoms with Crippen LogP contribution in [0.1, 0.15) is 37.4 Å². The Morgan fingerprint density at radius 3 is 3.11 bits per heavy atom. The van der Waals surface area contributed by atoms with Crippen molar-refractivity contribution in [2.45, 2.75) is 31.8 Å². The third-order valence-electron chi connectivity index (χ3n) is 3.28. The van der Waals surface area contributed by atoms with E-state index in [1.165, 1.54) is 12.5 Å². The van der Waals surface area contributed by atoms with Crippen LogP contribution in [0.4, 0.5) is 0 Å². The predicted molar refractivity (Wildman–Crippen MR) is 67.8 cm³/mol. The van der Waals surface area contributed by atoms with Crippen molar-refractivity contribution in [1.82, 2.24) is 5.32 Å². The van der Waals surface area contributed by atoms with E-state index in [1.807, 2.05) is 0 Å². The van der Waals surface area contributed by atoms with E-state index in [9.17, 15) is 9.90 Å². The lowest BCUT2D eigenvalue weighted by atomic mass is 9.93. The number of aliphatic hydroxyl groups is 1. The fraction of sp³-hybridized carbons (Fsp3) is 0.500. The van der Waals surface area contributed by atoms with Gasteiger partial charge in [0.1, 0.15) is 0 Å². The maximum atomic E-state index is 11.8. The van der Waals surface area contributed by atoms with Gasteiger partial charge >= 0.3 is 0 Å². The summed E-state index contributed by atoms with van der Waals surface area (Å²) in [7, 11) is 0. The van der Waals surface area contributed by atoms with Crippen LogP contribution in [-0.2, 0) is 4.79 Å². The third-order valence-corrected chi connectivity index (χ3v) is 3.28. The van der Waals surface area contributed by atoms with Crippen LogP contribution in [0.25, 0.3) is 0 Å². The SMILES string of the molecule is O=C(NCC[C@H](O)c1ccoc1)[C@@H]1CC=CCC1. The number of carbonyl (C=O) groups excluding carboxylic acids is 1. The summed E-state index contributed by atoms with van der Waals surface area (Å²) in [4.78, 5) is 11.8. The van der Waals surface area contributed by atoms with Crippen molar-refractivity contribution in [3.8, 4) is 0 Å². The van der Waals surface area contributed by atoms with Gasteiger partial charge in [-0.05, 0) is 31.7 Å². The van der Waals surface area contributed by atoms with E-state index in [4.69, 9.17) is 4.42 Å². The van der Waals surface area contributed by atoms with Gasteiger partial charge in [0.2, 0.25) is 5.91 Å². The van der Waals surface area contributed by atoms with E-state index in [1.54, 1.807) is 6.07 Å². The molecular formula is C14H19NO3. The van der Waals surface area contributed by atoms with Gasteiger partial charge in [-0.15, -0.1) is 0 Å². The highest BCUT2D eigenvalue weighted by Crippen LogP contribution is 2.19. The van der Waals surface area contributed by atoms with Crippen molar-refractivity contribution in [1.29, 1.82) is 0 Å². The molecule has 0 saturated heterocycles. The molecule has 0 saturated carbocycles. The molecule has 1 amide bonds. The summed E-state index contributed by atoms with van der Waals surface area (Å²) in [6.45, 7) is 0.491. The van der Waals surface area contributed by atoms with Gasteiger partial charge in [-0.1, -0.05) is 12.2 Å². The minimum Gasteiger partial charge on any atom is -0.472 e. The second-order valence-corrected chi connectivity index (χ2v) is 4.63. The first-order chi connectivity index (χ1) is 8.77. The minimum absolute atomic E-state index is 0.0961. The molecule has 0 fully saturated rings. The number of nitrogens with one attached hydrogen (secondary N) is 1. The Hall–Kier alpha value is -1.55. The van der Waals surface area contributed by atoms with E-state index in [-0.39, 0.29) is 11.8 Å². The van der Waals surface area contributed by atoms with Gasteiger partial charge in [0, 0.05) is 18.0 Å². The maximum absolute atomic E-state index is 11.8. The van der Waals surface area contributed by atoms with Crippen LogP contribution in [0.15, 0.2) is 35.2 Å². The number of hydrogen-bond donors (Lipinski definition) is 2. The van der Waals surface area contributed by atoms with E-state index in [0.717, 1.165) is 24.8 Å². The van der Waals surface area contributed by atoms with Gasteiger partial charge in [-0.2, -0.15) is 0 Å². The second kappa shape index (κ2) is 6.40. The van der Waals surface area contributed by atoms with E-state index >= 15 is 0 Å². The number of amides is 1. The maximum Gasteiger partial charge on any atom is 0.223 e. The summed E-state index contributed by atoms with van der Waals surface area (Å²) in [5, 5.41) is 12.7. The van der Waals surface area contributed by atoms with Crippen molar-refractivity contribution < 1.29 is 14.3 Å².